The van der Waals surface area contributed by atoms with Gasteiger partial charge < -0.3 is 4.74 Å². The van der Waals surface area contributed by atoms with E-state index in [0.29, 0.717) is 28.7 Å². The van der Waals surface area contributed by atoms with E-state index < -0.39 is 5.82 Å². The largest absolute Gasteiger partial charge is 0.494 e. The van der Waals surface area contributed by atoms with Crippen molar-refractivity contribution >= 4 is 6.29 Å². The summed E-state index contributed by atoms with van der Waals surface area (Å²) in [5, 5.41) is 0. The molecule has 5 heteroatoms. The SMILES string of the molecule is COc1cc(F)c(C=O)nc1-c1c(C)cc(F)cc1C. The minimum absolute atomic E-state index is 0.200. The van der Waals surface area contributed by atoms with E-state index in [0.717, 1.165) is 6.07 Å². The van der Waals surface area contributed by atoms with Crippen LogP contribution < -0.4 is 4.74 Å². The molecule has 3 nitrogen and oxygen atoms in total. The molecule has 2 aromatic rings. The molecule has 0 atom stereocenters. The third-order valence-corrected chi connectivity index (χ3v) is 3.03. The lowest BCUT2D eigenvalue weighted by atomic mass is 9.98. The average molecular weight is 277 g/mol. The van der Waals surface area contributed by atoms with Gasteiger partial charge in [0.1, 0.15) is 23.0 Å². The van der Waals surface area contributed by atoms with Crippen molar-refractivity contribution in [3.63, 3.8) is 0 Å². The molecule has 20 heavy (non-hydrogen) atoms. The van der Waals surface area contributed by atoms with Gasteiger partial charge in [-0.15, -0.1) is 0 Å². The van der Waals surface area contributed by atoms with Crippen molar-refractivity contribution in [3.8, 4) is 17.0 Å². The van der Waals surface area contributed by atoms with E-state index in [2.05, 4.69) is 4.98 Å². The van der Waals surface area contributed by atoms with Gasteiger partial charge in [0, 0.05) is 11.6 Å². The van der Waals surface area contributed by atoms with Gasteiger partial charge in [-0.2, -0.15) is 0 Å². The maximum atomic E-state index is 13.6. The number of benzene rings is 1. The molecule has 0 saturated heterocycles. The van der Waals surface area contributed by atoms with Gasteiger partial charge in [-0.3, -0.25) is 4.79 Å². The van der Waals surface area contributed by atoms with E-state index in [-0.39, 0.29) is 17.3 Å². The average Bonchev–Trinajstić information content (AvgIpc) is 2.38. The van der Waals surface area contributed by atoms with Gasteiger partial charge in [-0.05, 0) is 37.1 Å². The van der Waals surface area contributed by atoms with Crippen LogP contribution >= 0.6 is 0 Å². The number of methoxy groups -OCH3 is 1. The molecule has 0 bridgehead atoms. The van der Waals surface area contributed by atoms with E-state index >= 15 is 0 Å². The van der Waals surface area contributed by atoms with Crippen molar-refractivity contribution < 1.29 is 18.3 Å². The third kappa shape index (κ3) is 2.39. The van der Waals surface area contributed by atoms with Crippen molar-refractivity contribution in [2.24, 2.45) is 0 Å². The van der Waals surface area contributed by atoms with Gasteiger partial charge in [-0.1, -0.05) is 0 Å². The fraction of sp³-hybridized carbons (Fsp3) is 0.200. The van der Waals surface area contributed by atoms with Gasteiger partial charge in [0.15, 0.2) is 12.1 Å². The predicted molar refractivity (Wildman–Crippen MR) is 71.0 cm³/mol. The Labute approximate surface area is 115 Å². The summed E-state index contributed by atoms with van der Waals surface area (Å²) in [5.74, 6) is -0.913. The van der Waals surface area contributed by atoms with Crippen LogP contribution in [0.2, 0.25) is 0 Å². The minimum atomic E-state index is -0.752. The van der Waals surface area contributed by atoms with E-state index in [1.165, 1.54) is 19.2 Å². The lowest BCUT2D eigenvalue weighted by Gasteiger charge is -2.14. The summed E-state index contributed by atoms with van der Waals surface area (Å²) in [6.45, 7) is 3.44. The Kier molecular flexibility index (Phi) is 3.79. The number of carbonyl (C=O) groups excluding carboxylic acids is 1. The molecular weight excluding hydrogens is 264 g/mol. The van der Waals surface area contributed by atoms with Crippen LogP contribution in [-0.2, 0) is 0 Å². The monoisotopic (exact) mass is 277 g/mol. The maximum absolute atomic E-state index is 13.6. The van der Waals surface area contributed by atoms with Crippen molar-refractivity contribution in [1.82, 2.24) is 4.98 Å². The third-order valence-electron chi connectivity index (χ3n) is 3.03. The van der Waals surface area contributed by atoms with Crippen LogP contribution in [0.3, 0.4) is 0 Å². The molecular formula is C15H13F2NO2. The van der Waals surface area contributed by atoms with Gasteiger partial charge in [0.25, 0.3) is 0 Å². The molecule has 0 aliphatic rings. The number of nitrogens with zero attached hydrogens (tertiary/aromatic N) is 1. The Morgan fingerprint density at radius 1 is 1.15 bits per heavy atom. The molecule has 0 radical (unpaired) electrons. The van der Waals surface area contributed by atoms with Crippen LogP contribution in [0.25, 0.3) is 11.3 Å². The number of rotatable bonds is 3. The number of ether oxygens (including phenoxy) is 1. The second-order valence-corrected chi connectivity index (χ2v) is 4.44. The summed E-state index contributed by atoms with van der Waals surface area (Å²) >= 11 is 0. The lowest BCUT2D eigenvalue weighted by Crippen LogP contribution is -2.02. The molecule has 0 aliphatic heterocycles. The highest BCUT2D eigenvalue weighted by atomic mass is 19.1. The van der Waals surface area contributed by atoms with E-state index in [9.17, 15) is 13.6 Å². The van der Waals surface area contributed by atoms with Crippen molar-refractivity contribution in [3.05, 3.63) is 46.7 Å². The van der Waals surface area contributed by atoms with Gasteiger partial charge in [0.2, 0.25) is 0 Å². The molecule has 2 rings (SSSR count). The maximum Gasteiger partial charge on any atom is 0.171 e. The molecule has 0 aliphatic carbocycles. The number of aryl methyl sites for hydroxylation is 2. The van der Waals surface area contributed by atoms with Crippen LogP contribution in [0.4, 0.5) is 8.78 Å². The van der Waals surface area contributed by atoms with Crippen LogP contribution in [0, 0.1) is 25.5 Å². The zero-order valence-electron chi connectivity index (χ0n) is 11.3. The number of aromatic nitrogens is 1. The van der Waals surface area contributed by atoms with Gasteiger partial charge in [-0.25, -0.2) is 13.8 Å². The summed E-state index contributed by atoms with van der Waals surface area (Å²) in [7, 11) is 1.38. The highest BCUT2D eigenvalue weighted by molar-refractivity contribution is 5.78. The lowest BCUT2D eigenvalue weighted by molar-refractivity contribution is 0.111. The Balaban J connectivity index is 2.78. The first-order valence-electron chi connectivity index (χ1n) is 5.94. The highest BCUT2D eigenvalue weighted by Gasteiger charge is 2.17. The van der Waals surface area contributed by atoms with Crippen LogP contribution in [-0.4, -0.2) is 18.4 Å². The quantitative estimate of drug-likeness (QED) is 0.806. The molecule has 0 amide bonds. The summed E-state index contributed by atoms with van der Waals surface area (Å²) < 4.78 is 32.0. The second-order valence-electron chi connectivity index (χ2n) is 4.44. The van der Waals surface area contributed by atoms with Crippen LogP contribution in [0.1, 0.15) is 21.6 Å². The number of halogens is 2. The van der Waals surface area contributed by atoms with Crippen molar-refractivity contribution in [2.45, 2.75) is 13.8 Å². The summed E-state index contributed by atoms with van der Waals surface area (Å²) in [6, 6.07) is 3.81. The molecule has 1 aromatic heterocycles. The first-order chi connectivity index (χ1) is 9.47. The second kappa shape index (κ2) is 5.36. The number of hydrogen-bond acceptors (Lipinski definition) is 3. The molecule has 104 valence electrons. The number of aldehydes is 1. The van der Waals surface area contributed by atoms with Gasteiger partial charge in [0.05, 0.1) is 7.11 Å². The Morgan fingerprint density at radius 3 is 2.25 bits per heavy atom. The van der Waals surface area contributed by atoms with Crippen LogP contribution in [0.15, 0.2) is 18.2 Å². The normalized spacial score (nSPS) is 10.4. The van der Waals surface area contributed by atoms with Crippen molar-refractivity contribution in [1.29, 1.82) is 0 Å². The summed E-state index contributed by atoms with van der Waals surface area (Å²) in [5.41, 5.74) is 1.93. The van der Waals surface area contributed by atoms with Crippen molar-refractivity contribution in [2.75, 3.05) is 7.11 Å². The summed E-state index contributed by atoms with van der Waals surface area (Å²) in [4.78, 5) is 14.8. The first-order valence-corrected chi connectivity index (χ1v) is 5.94. The fourth-order valence-electron chi connectivity index (χ4n) is 2.19. The highest BCUT2D eigenvalue weighted by Crippen LogP contribution is 2.34. The zero-order valence-corrected chi connectivity index (χ0v) is 11.3. The number of carbonyl (C=O) groups is 1. The molecule has 0 spiro atoms. The minimum Gasteiger partial charge on any atom is -0.494 e. The smallest absolute Gasteiger partial charge is 0.171 e. The zero-order chi connectivity index (χ0) is 14.9. The molecule has 1 aromatic carbocycles. The topological polar surface area (TPSA) is 39.2 Å². The molecule has 0 unspecified atom stereocenters. The Hall–Kier alpha value is -2.30. The molecule has 0 fully saturated rings. The molecule has 0 N–H and O–H groups in total. The molecule has 1 heterocycles. The van der Waals surface area contributed by atoms with E-state index in [4.69, 9.17) is 4.74 Å². The van der Waals surface area contributed by atoms with E-state index in [1.807, 2.05) is 0 Å². The van der Waals surface area contributed by atoms with E-state index in [1.54, 1.807) is 13.8 Å². The molecule has 0 saturated carbocycles. The van der Waals surface area contributed by atoms with Crippen LogP contribution in [0.5, 0.6) is 5.75 Å². The standard InChI is InChI=1S/C15H13F2NO2/c1-8-4-10(16)5-9(2)14(8)15-13(20-3)6-11(17)12(7-19)18-15/h4-7H,1-3H3. The summed E-state index contributed by atoms with van der Waals surface area (Å²) in [6.07, 6.45) is 0.340. The number of pyridine rings is 1. The Morgan fingerprint density at radius 2 is 1.75 bits per heavy atom. The number of hydrogen-bond donors (Lipinski definition) is 0. The predicted octanol–water partition coefficient (Wildman–Crippen LogP) is 3.46. The van der Waals surface area contributed by atoms with Gasteiger partial charge >= 0.3 is 0 Å². The Bertz CT molecular complexity index is 661. The first kappa shape index (κ1) is 14.1. The fourth-order valence-corrected chi connectivity index (χ4v) is 2.19.